The molecule has 0 fully saturated rings. The van der Waals surface area contributed by atoms with Crippen LogP contribution in [-0.2, 0) is 0 Å². The first-order valence-electron chi connectivity index (χ1n) is 6.10. The van der Waals surface area contributed by atoms with Crippen molar-refractivity contribution >= 4 is 0 Å². The van der Waals surface area contributed by atoms with E-state index in [0.717, 1.165) is 17.0 Å². The minimum atomic E-state index is -0.195. The Morgan fingerprint density at radius 1 is 1.06 bits per heavy atom. The molecule has 0 amide bonds. The van der Waals surface area contributed by atoms with Gasteiger partial charge < -0.3 is 10.5 Å². The molecular weight excluding hydrogens is 224 g/mol. The van der Waals surface area contributed by atoms with E-state index in [0.29, 0.717) is 0 Å². The van der Waals surface area contributed by atoms with Crippen LogP contribution in [0.4, 0.5) is 0 Å². The maximum Gasteiger partial charge on any atom is 0.119 e. The molecule has 1 unspecified atom stereocenters. The van der Waals surface area contributed by atoms with E-state index >= 15 is 0 Å². The van der Waals surface area contributed by atoms with Crippen molar-refractivity contribution < 1.29 is 4.74 Å². The van der Waals surface area contributed by atoms with Gasteiger partial charge in [-0.05, 0) is 43.7 Å². The van der Waals surface area contributed by atoms with Gasteiger partial charge in [0.2, 0.25) is 0 Å². The quantitative estimate of drug-likeness (QED) is 0.896. The Labute approximate surface area is 108 Å². The van der Waals surface area contributed by atoms with Crippen LogP contribution in [0.5, 0.6) is 5.75 Å². The Kier molecular flexibility index (Phi) is 3.95. The van der Waals surface area contributed by atoms with Crippen LogP contribution < -0.4 is 10.5 Å². The van der Waals surface area contributed by atoms with Crippen molar-refractivity contribution in [3.8, 4) is 5.75 Å². The van der Waals surface area contributed by atoms with Crippen LogP contribution in [0.15, 0.2) is 48.7 Å². The van der Waals surface area contributed by atoms with Crippen LogP contribution in [0, 0.1) is 0 Å². The minimum absolute atomic E-state index is 0.181. The van der Waals surface area contributed by atoms with Gasteiger partial charge in [0.05, 0.1) is 17.8 Å². The zero-order valence-corrected chi connectivity index (χ0v) is 10.7. The Morgan fingerprint density at radius 3 is 2.33 bits per heavy atom. The molecule has 2 rings (SSSR count). The predicted octanol–water partition coefficient (Wildman–Crippen LogP) is 2.92. The summed E-state index contributed by atoms with van der Waals surface area (Å²) < 4.78 is 5.60. The lowest BCUT2D eigenvalue weighted by Gasteiger charge is -2.13. The zero-order valence-electron chi connectivity index (χ0n) is 10.7. The number of pyridine rings is 1. The standard InChI is InChI=1S/C15H18N2O/c1-11(2)18-13-8-6-12(7-9-13)15(16)14-5-3-4-10-17-14/h3-11,15H,16H2,1-2H3. The molecule has 1 heterocycles. The minimum Gasteiger partial charge on any atom is -0.491 e. The molecule has 18 heavy (non-hydrogen) atoms. The first-order valence-corrected chi connectivity index (χ1v) is 6.10. The lowest BCUT2D eigenvalue weighted by molar-refractivity contribution is 0.242. The summed E-state index contributed by atoms with van der Waals surface area (Å²) in [6.07, 6.45) is 1.94. The summed E-state index contributed by atoms with van der Waals surface area (Å²) in [4.78, 5) is 4.27. The summed E-state index contributed by atoms with van der Waals surface area (Å²) in [5.41, 5.74) is 8.07. The van der Waals surface area contributed by atoms with E-state index in [1.54, 1.807) is 6.20 Å². The lowest BCUT2D eigenvalue weighted by Crippen LogP contribution is -2.13. The van der Waals surface area contributed by atoms with Gasteiger partial charge in [0.25, 0.3) is 0 Å². The van der Waals surface area contributed by atoms with Gasteiger partial charge in [-0.1, -0.05) is 18.2 Å². The molecule has 3 heteroatoms. The third kappa shape index (κ3) is 3.08. The summed E-state index contributed by atoms with van der Waals surface area (Å²) in [6.45, 7) is 4.01. The molecule has 1 atom stereocenters. The van der Waals surface area contributed by atoms with Crippen molar-refractivity contribution in [1.29, 1.82) is 0 Å². The van der Waals surface area contributed by atoms with E-state index in [1.807, 2.05) is 56.3 Å². The number of benzene rings is 1. The molecule has 0 bridgehead atoms. The highest BCUT2D eigenvalue weighted by Crippen LogP contribution is 2.21. The molecule has 0 aliphatic carbocycles. The van der Waals surface area contributed by atoms with Gasteiger partial charge in [0.15, 0.2) is 0 Å². The van der Waals surface area contributed by atoms with Gasteiger partial charge in [0.1, 0.15) is 5.75 Å². The lowest BCUT2D eigenvalue weighted by atomic mass is 10.0. The second-order valence-electron chi connectivity index (χ2n) is 4.47. The third-order valence-electron chi connectivity index (χ3n) is 2.62. The first kappa shape index (κ1) is 12.6. The zero-order chi connectivity index (χ0) is 13.0. The fourth-order valence-corrected chi connectivity index (χ4v) is 1.76. The number of hydrogen-bond acceptors (Lipinski definition) is 3. The SMILES string of the molecule is CC(C)Oc1ccc(C(N)c2ccccn2)cc1. The van der Waals surface area contributed by atoms with E-state index in [-0.39, 0.29) is 12.1 Å². The Morgan fingerprint density at radius 2 is 1.78 bits per heavy atom. The largest absolute Gasteiger partial charge is 0.491 e. The maximum atomic E-state index is 6.16. The topological polar surface area (TPSA) is 48.1 Å². The Bertz CT molecular complexity index is 480. The Hall–Kier alpha value is -1.87. The highest BCUT2D eigenvalue weighted by atomic mass is 16.5. The molecule has 0 saturated heterocycles. The van der Waals surface area contributed by atoms with Crippen molar-refractivity contribution in [3.63, 3.8) is 0 Å². The molecular formula is C15H18N2O. The molecule has 3 nitrogen and oxygen atoms in total. The number of ether oxygens (including phenoxy) is 1. The molecule has 1 aromatic heterocycles. The summed E-state index contributed by atoms with van der Waals surface area (Å²) in [6, 6.07) is 13.4. The number of aromatic nitrogens is 1. The second kappa shape index (κ2) is 5.65. The van der Waals surface area contributed by atoms with Gasteiger partial charge in [-0.15, -0.1) is 0 Å². The number of nitrogens with two attached hydrogens (primary N) is 1. The molecule has 2 N–H and O–H groups in total. The van der Waals surface area contributed by atoms with Crippen molar-refractivity contribution in [2.45, 2.75) is 26.0 Å². The molecule has 1 aromatic carbocycles. The average molecular weight is 242 g/mol. The van der Waals surface area contributed by atoms with Crippen molar-refractivity contribution in [2.24, 2.45) is 5.73 Å². The highest BCUT2D eigenvalue weighted by molar-refractivity contribution is 5.32. The summed E-state index contributed by atoms with van der Waals surface area (Å²) in [5, 5.41) is 0. The van der Waals surface area contributed by atoms with E-state index in [4.69, 9.17) is 10.5 Å². The number of nitrogens with zero attached hydrogens (tertiary/aromatic N) is 1. The van der Waals surface area contributed by atoms with E-state index < -0.39 is 0 Å². The van der Waals surface area contributed by atoms with Crippen molar-refractivity contribution in [2.75, 3.05) is 0 Å². The Balaban J connectivity index is 2.14. The first-order chi connectivity index (χ1) is 8.66. The fourth-order valence-electron chi connectivity index (χ4n) is 1.76. The van der Waals surface area contributed by atoms with Gasteiger partial charge in [-0.2, -0.15) is 0 Å². The van der Waals surface area contributed by atoms with Gasteiger partial charge in [-0.25, -0.2) is 0 Å². The third-order valence-corrected chi connectivity index (χ3v) is 2.62. The van der Waals surface area contributed by atoms with Crippen LogP contribution in [0.2, 0.25) is 0 Å². The average Bonchev–Trinajstić information content (AvgIpc) is 2.39. The summed E-state index contributed by atoms with van der Waals surface area (Å²) in [7, 11) is 0. The van der Waals surface area contributed by atoms with Gasteiger partial charge in [0, 0.05) is 6.20 Å². The van der Waals surface area contributed by atoms with E-state index in [1.165, 1.54) is 0 Å². The monoisotopic (exact) mass is 242 g/mol. The highest BCUT2D eigenvalue weighted by Gasteiger charge is 2.09. The molecule has 0 spiro atoms. The summed E-state index contributed by atoms with van der Waals surface area (Å²) in [5.74, 6) is 0.863. The number of rotatable bonds is 4. The van der Waals surface area contributed by atoms with Crippen LogP contribution >= 0.6 is 0 Å². The molecule has 2 aromatic rings. The smallest absolute Gasteiger partial charge is 0.119 e. The van der Waals surface area contributed by atoms with Crippen molar-refractivity contribution in [3.05, 3.63) is 59.9 Å². The second-order valence-corrected chi connectivity index (χ2v) is 4.47. The van der Waals surface area contributed by atoms with E-state index in [2.05, 4.69) is 4.98 Å². The summed E-state index contributed by atoms with van der Waals surface area (Å²) >= 11 is 0. The van der Waals surface area contributed by atoms with Gasteiger partial charge in [-0.3, -0.25) is 4.98 Å². The fraction of sp³-hybridized carbons (Fsp3) is 0.267. The predicted molar refractivity (Wildman–Crippen MR) is 72.5 cm³/mol. The van der Waals surface area contributed by atoms with Crippen molar-refractivity contribution in [1.82, 2.24) is 4.98 Å². The van der Waals surface area contributed by atoms with E-state index in [9.17, 15) is 0 Å². The normalized spacial score (nSPS) is 12.4. The van der Waals surface area contributed by atoms with Gasteiger partial charge >= 0.3 is 0 Å². The van der Waals surface area contributed by atoms with Crippen LogP contribution in [0.1, 0.15) is 31.1 Å². The van der Waals surface area contributed by atoms with Crippen LogP contribution in [0.3, 0.4) is 0 Å². The van der Waals surface area contributed by atoms with Crippen LogP contribution in [0.25, 0.3) is 0 Å². The molecule has 94 valence electrons. The maximum absolute atomic E-state index is 6.16. The number of hydrogen-bond donors (Lipinski definition) is 1. The van der Waals surface area contributed by atoms with Crippen LogP contribution in [-0.4, -0.2) is 11.1 Å². The molecule has 0 radical (unpaired) electrons. The molecule has 0 aliphatic rings. The molecule has 0 saturated carbocycles. The molecule has 0 aliphatic heterocycles.